The van der Waals surface area contributed by atoms with Crippen molar-refractivity contribution in [3.05, 3.63) is 39.9 Å². The number of halogens is 2. The van der Waals surface area contributed by atoms with Crippen LogP contribution in [-0.4, -0.2) is 25.7 Å². The molecule has 0 bridgehead atoms. The summed E-state index contributed by atoms with van der Waals surface area (Å²) in [5, 5.41) is 3.74. The Morgan fingerprint density at radius 1 is 1.38 bits per heavy atom. The van der Waals surface area contributed by atoms with E-state index in [9.17, 15) is 4.79 Å². The van der Waals surface area contributed by atoms with Crippen LogP contribution in [0.1, 0.15) is 24.8 Å². The van der Waals surface area contributed by atoms with Crippen LogP contribution in [0.3, 0.4) is 0 Å². The van der Waals surface area contributed by atoms with E-state index in [1.165, 1.54) is 18.9 Å². The van der Waals surface area contributed by atoms with Gasteiger partial charge < -0.3 is 10.1 Å². The van der Waals surface area contributed by atoms with Crippen molar-refractivity contribution < 1.29 is 9.53 Å². The molecule has 1 fully saturated rings. The van der Waals surface area contributed by atoms with Crippen molar-refractivity contribution in [1.29, 1.82) is 0 Å². The second-order valence-corrected chi connectivity index (χ2v) is 5.92. The summed E-state index contributed by atoms with van der Waals surface area (Å²) < 4.78 is 5.50. The third kappa shape index (κ3) is 6.08. The summed E-state index contributed by atoms with van der Waals surface area (Å²) in [6, 6.07) is 5.32. The first-order chi connectivity index (χ1) is 10.2. The minimum Gasteiger partial charge on any atom is -0.381 e. The normalized spacial score (nSPS) is 14.6. The maximum absolute atomic E-state index is 11.6. The first kappa shape index (κ1) is 16.3. The minimum absolute atomic E-state index is 0.145. The van der Waals surface area contributed by atoms with E-state index in [2.05, 4.69) is 5.32 Å². The van der Waals surface area contributed by atoms with Gasteiger partial charge in [0, 0.05) is 25.8 Å². The van der Waals surface area contributed by atoms with E-state index in [0.29, 0.717) is 23.2 Å². The van der Waals surface area contributed by atoms with E-state index in [1.807, 2.05) is 6.07 Å². The minimum atomic E-state index is -0.145. The van der Waals surface area contributed by atoms with Crippen LogP contribution in [0.25, 0.3) is 6.08 Å². The highest BCUT2D eigenvalue weighted by Crippen LogP contribution is 2.28. The van der Waals surface area contributed by atoms with Crippen molar-refractivity contribution in [3.8, 4) is 0 Å². The number of carbonyl (C=O) groups excluding carboxylic acids is 1. The molecule has 1 aromatic carbocycles. The van der Waals surface area contributed by atoms with Gasteiger partial charge in [-0.05, 0) is 42.9 Å². The van der Waals surface area contributed by atoms with E-state index < -0.39 is 0 Å². The van der Waals surface area contributed by atoms with E-state index in [4.69, 9.17) is 27.9 Å². The summed E-state index contributed by atoms with van der Waals surface area (Å²) >= 11 is 11.9. The van der Waals surface area contributed by atoms with Crippen LogP contribution in [0.4, 0.5) is 0 Å². The zero-order chi connectivity index (χ0) is 15.1. The van der Waals surface area contributed by atoms with Gasteiger partial charge in [0.1, 0.15) is 0 Å². The highest BCUT2D eigenvalue weighted by atomic mass is 35.5. The molecule has 0 unspecified atom stereocenters. The van der Waals surface area contributed by atoms with E-state index in [1.54, 1.807) is 18.2 Å². The number of amides is 1. The van der Waals surface area contributed by atoms with Crippen LogP contribution in [-0.2, 0) is 9.53 Å². The molecule has 1 aromatic rings. The Labute approximate surface area is 135 Å². The Morgan fingerprint density at radius 3 is 2.95 bits per heavy atom. The van der Waals surface area contributed by atoms with Gasteiger partial charge in [-0.3, -0.25) is 4.79 Å². The topological polar surface area (TPSA) is 38.3 Å². The van der Waals surface area contributed by atoms with E-state index >= 15 is 0 Å². The second kappa shape index (κ2) is 8.42. The molecule has 0 aliphatic heterocycles. The van der Waals surface area contributed by atoms with E-state index in [0.717, 1.165) is 24.5 Å². The van der Waals surface area contributed by atoms with Crippen molar-refractivity contribution in [2.75, 3.05) is 19.8 Å². The molecule has 1 saturated carbocycles. The third-order valence-electron chi connectivity index (χ3n) is 3.21. The van der Waals surface area contributed by atoms with Crippen LogP contribution >= 0.6 is 23.2 Å². The maximum atomic E-state index is 11.6. The lowest BCUT2D eigenvalue weighted by molar-refractivity contribution is -0.116. The number of carbonyl (C=O) groups is 1. The monoisotopic (exact) mass is 327 g/mol. The largest absolute Gasteiger partial charge is 0.381 e. The van der Waals surface area contributed by atoms with Gasteiger partial charge in [-0.25, -0.2) is 0 Å². The molecule has 0 heterocycles. The zero-order valence-electron chi connectivity index (χ0n) is 11.8. The zero-order valence-corrected chi connectivity index (χ0v) is 13.3. The maximum Gasteiger partial charge on any atom is 0.244 e. The molecule has 1 amide bonds. The molecule has 0 saturated heterocycles. The lowest BCUT2D eigenvalue weighted by atomic mass is 10.2. The van der Waals surface area contributed by atoms with Gasteiger partial charge in [-0.1, -0.05) is 35.3 Å². The molecule has 0 spiro atoms. The lowest BCUT2D eigenvalue weighted by Gasteiger charge is -2.04. The van der Waals surface area contributed by atoms with Crippen LogP contribution in [0.15, 0.2) is 24.3 Å². The molecule has 2 rings (SSSR count). The predicted molar refractivity (Wildman–Crippen MR) is 86.7 cm³/mol. The van der Waals surface area contributed by atoms with Crippen molar-refractivity contribution in [2.45, 2.75) is 19.3 Å². The first-order valence-corrected chi connectivity index (χ1v) is 7.90. The molecule has 5 heteroatoms. The quantitative estimate of drug-likeness (QED) is 0.580. The summed E-state index contributed by atoms with van der Waals surface area (Å²) in [7, 11) is 0. The fourth-order valence-corrected chi connectivity index (χ4v) is 2.16. The summed E-state index contributed by atoms with van der Waals surface area (Å²) in [5.74, 6) is 0.637. The Bertz CT molecular complexity index is 513. The molecule has 1 N–H and O–H groups in total. The SMILES string of the molecule is O=C(/C=C/c1cccc(Cl)c1Cl)NCCCOCC1CC1. The van der Waals surface area contributed by atoms with Crippen molar-refractivity contribution in [2.24, 2.45) is 5.92 Å². The number of ether oxygens (including phenoxy) is 1. The molecule has 3 nitrogen and oxygen atoms in total. The average Bonchev–Trinajstić information content (AvgIpc) is 3.28. The summed E-state index contributed by atoms with van der Waals surface area (Å²) in [6.07, 6.45) is 6.54. The molecule has 0 atom stereocenters. The van der Waals surface area contributed by atoms with Gasteiger partial charge in [0.25, 0.3) is 0 Å². The van der Waals surface area contributed by atoms with Crippen LogP contribution < -0.4 is 5.32 Å². The highest BCUT2D eigenvalue weighted by Gasteiger charge is 2.20. The summed E-state index contributed by atoms with van der Waals surface area (Å²) in [5.41, 5.74) is 0.729. The number of hydrogen-bond donors (Lipinski definition) is 1. The molecular formula is C16H19Cl2NO2. The Morgan fingerprint density at radius 2 is 2.19 bits per heavy atom. The second-order valence-electron chi connectivity index (χ2n) is 5.14. The number of benzene rings is 1. The molecule has 21 heavy (non-hydrogen) atoms. The fraction of sp³-hybridized carbons (Fsp3) is 0.438. The molecular weight excluding hydrogens is 309 g/mol. The van der Waals surface area contributed by atoms with Gasteiger partial charge in [0.05, 0.1) is 10.0 Å². The van der Waals surface area contributed by atoms with Gasteiger partial charge >= 0.3 is 0 Å². The van der Waals surface area contributed by atoms with Gasteiger partial charge in [0.2, 0.25) is 5.91 Å². The van der Waals surface area contributed by atoms with Crippen LogP contribution in [0, 0.1) is 5.92 Å². The van der Waals surface area contributed by atoms with Gasteiger partial charge in [-0.15, -0.1) is 0 Å². The molecule has 0 aromatic heterocycles. The molecule has 114 valence electrons. The first-order valence-electron chi connectivity index (χ1n) is 7.14. The Kier molecular flexibility index (Phi) is 6.55. The van der Waals surface area contributed by atoms with Crippen molar-refractivity contribution in [1.82, 2.24) is 5.32 Å². The molecule has 0 radical (unpaired) electrons. The molecule has 1 aliphatic rings. The third-order valence-corrected chi connectivity index (χ3v) is 4.04. The molecule has 1 aliphatic carbocycles. The van der Waals surface area contributed by atoms with Gasteiger partial charge in [0.15, 0.2) is 0 Å². The average molecular weight is 328 g/mol. The number of rotatable bonds is 8. The van der Waals surface area contributed by atoms with Gasteiger partial charge in [-0.2, -0.15) is 0 Å². The van der Waals surface area contributed by atoms with Crippen molar-refractivity contribution in [3.63, 3.8) is 0 Å². The summed E-state index contributed by atoms with van der Waals surface area (Å²) in [6.45, 7) is 2.17. The smallest absolute Gasteiger partial charge is 0.244 e. The fourth-order valence-electron chi connectivity index (χ4n) is 1.79. The van der Waals surface area contributed by atoms with Crippen molar-refractivity contribution >= 4 is 35.2 Å². The van der Waals surface area contributed by atoms with Crippen LogP contribution in [0.2, 0.25) is 10.0 Å². The van der Waals surface area contributed by atoms with Crippen LogP contribution in [0.5, 0.6) is 0 Å². The predicted octanol–water partition coefficient (Wildman–Crippen LogP) is 3.94. The summed E-state index contributed by atoms with van der Waals surface area (Å²) in [4.78, 5) is 11.6. The van der Waals surface area contributed by atoms with E-state index in [-0.39, 0.29) is 5.91 Å². The Balaban J connectivity index is 1.63. The number of nitrogens with one attached hydrogen (secondary N) is 1. The number of hydrogen-bond acceptors (Lipinski definition) is 2. The lowest BCUT2D eigenvalue weighted by Crippen LogP contribution is -2.23. The standard InChI is InChI=1S/C16H19Cl2NO2/c17-14-4-1-3-13(16(14)18)7-8-15(20)19-9-2-10-21-11-12-5-6-12/h1,3-4,7-8,12H,2,5-6,9-11H2,(H,19,20)/b8-7+. The highest BCUT2D eigenvalue weighted by molar-refractivity contribution is 6.42. The Hall–Kier alpha value is -1.03.